The quantitative estimate of drug-likeness (QED) is 0.310. The minimum atomic E-state index is -3.17. The van der Waals surface area contributed by atoms with Crippen molar-refractivity contribution >= 4 is 30.1 Å². The van der Waals surface area contributed by atoms with Crippen molar-refractivity contribution < 1.29 is 23.8 Å². The molecule has 8 heteroatoms. The van der Waals surface area contributed by atoms with Gasteiger partial charge in [0.25, 0.3) is 0 Å². The maximum absolute atomic E-state index is 9.89. The molecule has 4 rings (SSSR count). The summed E-state index contributed by atoms with van der Waals surface area (Å²) < 4.78 is 20.1. The highest BCUT2D eigenvalue weighted by Gasteiger charge is 2.07. The van der Waals surface area contributed by atoms with Gasteiger partial charge in [-0.05, 0) is 60.7 Å². The summed E-state index contributed by atoms with van der Waals surface area (Å²) in [5, 5.41) is 20.8. The number of methoxy groups -OCH3 is 2. The molecule has 4 nitrogen and oxygen atoms in total. The molecule has 0 saturated heterocycles. The predicted molar refractivity (Wildman–Crippen MR) is 128 cm³/mol. The van der Waals surface area contributed by atoms with Gasteiger partial charge in [0.2, 0.25) is 32.4 Å². The molecule has 0 amide bonds. The third kappa shape index (κ3) is 9.07. The highest BCUT2D eigenvalue weighted by atomic mass is 32.1. The monoisotopic (exact) mass is 468 g/mol. The van der Waals surface area contributed by atoms with E-state index in [1.165, 1.54) is 20.9 Å². The molecule has 0 unspecified atom stereocenters. The molecule has 2 heterocycles. The summed E-state index contributed by atoms with van der Waals surface area (Å²) in [5.74, 6) is 1.80. The summed E-state index contributed by atoms with van der Waals surface area (Å²) in [5.41, 5.74) is 2.47. The average Bonchev–Trinajstić information content (AvgIpc) is 2.85. The van der Waals surface area contributed by atoms with Crippen molar-refractivity contribution in [2.24, 2.45) is 0 Å². The van der Waals surface area contributed by atoms with Crippen LogP contribution in [0.2, 0.25) is 0 Å². The summed E-state index contributed by atoms with van der Waals surface area (Å²) in [6.45, 7) is 0. The average molecular weight is 468 g/mol. The van der Waals surface area contributed by atoms with Crippen LogP contribution in [0.5, 0.6) is 11.5 Å². The Morgan fingerprint density at radius 2 is 0.969 bits per heavy atom. The molecule has 164 valence electrons. The Balaban J connectivity index is 0.000000195. The molecule has 2 aromatic carbocycles. The summed E-state index contributed by atoms with van der Waals surface area (Å²) >= 11 is 3.48. The van der Waals surface area contributed by atoms with Gasteiger partial charge < -0.3 is 23.8 Å². The Bertz CT molecular complexity index is 934. The first-order valence-electron chi connectivity index (χ1n) is 9.51. The van der Waals surface area contributed by atoms with Gasteiger partial charge in [0.15, 0.2) is 10.8 Å². The highest BCUT2D eigenvalue weighted by Crippen LogP contribution is 2.26. The molecule has 0 N–H and O–H groups in total. The molecule has 0 aliphatic carbocycles. The van der Waals surface area contributed by atoms with Crippen molar-refractivity contribution in [3.05, 3.63) is 95.7 Å². The van der Waals surface area contributed by atoms with Crippen LogP contribution in [0.3, 0.4) is 0 Å². The third-order valence-electron chi connectivity index (χ3n) is 4.01. The van der Waals surface area contributed by atoms with Crippen LogP contribution in [-0.4, -0.2) is 21.6 Å². The van der Waals surface area contributed by atoms with Crippen LogP contribution < -0.4 is 19.5 Å². The second-order valence-electron chi connectivity index (χ2n) is 6.07. The molecule has 0 aliphatic rings. The maximum Gasteiger partial charge on any atom is 0.237 e. The van der Waals surface area contributed by atoms with Crippen LogP contribution in [0.25, 0.3) is 20.9 Å². The lowest BCUT2D eigenvalue weighted by Gasteiger charge is -2.09. The fourth-order valence-electron chi connectivity index (χ4n) is 2.52. The lowest BCUT2D eigenvalue weighted by molar-refractivity contribution is -0.366. The van der Waals surface area contributed by atoms with Crippen LogP contribution in [0.4, 0.5) is 4.32 Å². The first-order chi connectivity index (χ1) is 15.5. The van der Waals surface area contributed by atoms with Gasteiger partial charge in [-0.3, -0.25) is 0 Å². The van der Waals surface area contributed by atoms with E-state index in [0.717, 1.165) is 11.5 Å². The summed E-state index contributed by atoms with van der Waals surface area (Å²) in [4.78, 5) is 2.55. The van der Waals surface area contributed by atoms with E-state index < -0.39 is 7.40 Å². The first kappa shape index (κ1) is 25.4. The Labute approximate surface area is 196 Å². The third-order valence-corrected chi connectivity index (χ3v) is 5.85. The Morgan fingerprint density at radius 3 is 1.22 bits per heavy atom. The Hall–Kier alpha value is -2.91. The number of hydrogen-bond acceptors (Lipinski definition) is 4. The molecular formula is C24H22BFO4S2. The molecule has 0 spiro atoms. The first-order valence-corrected chi connectivity index (χ1v) is 11.3. The second-order valence-corrected chi connectivity index (χ2v) is 7.97. The number of halogens is 1. The molecule has 0 atom stereocenters. The standard InChI is InChI=1S/2C12H11OS.BFO2/c2*1-13-11-7-5-10(6-8-11)12-4-2-3-9-14-12;2-1(3)4/h2*2-9H,1H3;/q2*+1;-2. The number of hydrogen-bond donors (Lipinski definition) is 0. The van der Waals surface area contributed by atoms with Crippen molar-refractivity contribution in [2.45, 2.75) is 0 Å². The van der Waals surface area contributed by atoms with Crippen LogP contribution in [0, 0.1) is 0 Å². The number of ether oxygens (including phenoxy) is 2. The van der Waals surface area contributed by atoms with Crippen LogP contribution >= 0.6 is 22.7 Å². The molecule has 0 bridgehead atoms. The molecule has 0 radical (unpaired) electrons. The van der Waals surface area contributed by atoms with Gasteiger partial charge in [0, 0.05) is 23.3 Å². The number of rotatable bonds is 4. The van der Waals surface area contributed by atoms with E-state index in [4.69, 9.17) is 19.5 Å². The van der Waals surface area contributed by atoms with E-state index in [1.807, 2.05) is 36.4 Å². The minimum Gasteiger partial charge on any atom is -0.867 e. The van der Waals surface area contributed by atoms with Gasteiger partial charge in [-0.25, -0.2) is 0 Å². The Morgan fingerprint density at radius 1 is 0.625 bits per heavy atom. The van der Waals surface area contributed by atoms with E-state index in [-0.39, 0.29) is 0 Å². The van der Waals surface area contributed by atoms with Crippen LogP contribution in [0.15, 0.2) is 95.7 Å². The predicted octanol–water partition coefficient (Wildman–Crippen LogP) is 5.07. The smallest absolute Gasteiger partial charge is 0.237 e. The van der Waals surface area contributed by atoms with Crippen LogP contribution in [0.1, 0.15) is 0 Å². The van der Waals surface area contributed by atoms with E-state index in [9.17, 15) is 4.32 Å². The van der Waals surface area contributed by atoms with Gasteiger partial charge >= 0.3 is 0 Å². The molecule has 0 fully saturated rings. The molecule has 4 aromatic rings. The summed E-state index contributed by atoms with van der Waals surface area (Å²) in [6.07, 6.45) is 0. The molecule has 2 aromatic heterocycles. The topological polar surface area (TPSA) is 64.6 Å². The van der Waals surface area contributed by atoms with Crippen molar-refractivity contribution in [3.8, 4) is 32.4 Å². The van der Waals surface area contributed by atoms with Gasteiger partial charge in [-0.1, -0.05) is 12.1 Å². The maximum atomic E-state index is 9.89. The lowest BCUT2D eigenvalue weighted by Crippen LogP contribution is -2.39. The second kappa shape index (κ2) is 14.2. The minimum absolute atomic E-state index is 0.898. The summed E-state index contributed by atoms with van der Waals surface area (Å²) in [6, 6.07) is 28.6. The van der Waals surface area contributed by atoms with E-state index in [1.54, 1.807) is 36.9 Å². The van der Waals surface area contributed by atoms with Gasteiger partial charge in [0.05, 0.1) is 14.2 Å². The van der Waals surface area contributed by atoms with E-state index in [0.29, 0.717) is 0 Å². The molecule has 0 saturated carbocycles. The highest BCUT2D eigenvalue weighted by molar-refractivity contribution is 7.13. The van der Waals surface area contributed by atoms with Crippen molar-refractivity contribution in [1.29, 1.82) is 0 Å². The molecular weight excluding hydrogens is 446 g/mol. The van der Waals surface area contributed by atoms with Crippen molar-refractivity contribution in [3.63, 3.8) is 0 Å². The normalized spacial score (nSPS) is 9.41. The zero-order chi connectivity index (χ0) is 23.2. The largest absolute Gasteiger partial charge is 0.867 e. The fraction of sp³-hybridized carbons (Fsp3) is 0.0833. The fourth-order valence-corrected chi connectivity index (χ4v) is 4.01. The zero-order valence-corrected chi connectivity index (χ0v) is 19.3. The van der Waals surface area contributed by atoms with Gasteiger partial charge in [-0.2, -0.15) is 0 Å². The van der Waals surface area contributed by atoms with Crippen molar-refractivity contribution in [1.82, 2.24) is 0 Å². The molecule has 32 heavy (non-hydrogen) atoms. The van der Waals surface area contributed by atoms with Gasteiger partial charge in [-0.15, -0.1) is 0 Å². The number of benzene rings is 2. The SMILES string of the molecule is COc1ccc(-c2cccc[s+]2)cc1.COc1ccc(-c2cccc[s+]2)cc1.[O-]B([O-])F. The summed E-state index contributed by atoms with van der Waals surface area (Å²) in [7, 11) is 0.195. The zero-order valence-electron chi connectivity index (χ0n) is 17.6. The lowest BCUT2D eigenvalue weighted by atomic mass is 10.2. The van der Waals surface area contributed by atoms with Gasteiger partial charge in [0.1, 0.15) is 18.9 Å². The molecule has 0 aliphatic heterocycles. The van der Waals surface area contributed by atoms with Crippen LogP contribution in [-0.2, 0) is 0 Å². The van der Waals surface area contributed by atoms with Crippen molar-refractivity contribution in [2.75, 3.05) is 14.2 Å². The van der Waals surface area contributed by atoms with E-state index >= 15 is 0 Å². The van der Waals surface area contributed by atoms with E-state index in [2.05, 4.69) is 59.3 Å². The Kier molecular flexibility index (Phi) is 11.3.